The van der Waals surface area contributed by atoms with E-state index in [1.807, 2.05) is 28.8 Å². The van der Waals surface area contributed by atoms with Crippen molar-refractivity contribution in [2.45, 2.75) is 57.3 Å². The van der Waals surface area contributed by atoms with E-state index in [1.54, 1.807) is 0 Å². The van der Waals surface area contributed by atoms with Crippen molar-refractivity contribution in [2.75, 3.05) is 18.1 Å². The molecular formula is C16H26N2O2S. The first kappa shape index (κ1) is 15.4. The first-order valence-corrected chi connectivity index (χ1v) is 9.30. The summed E-state index contributed by atoms with van der Waals surface area (Å²) in [5, 5.41) is 15.1. The Hall–Kier alpha value is -0.520. The number of hydrogen-bond donors (Lipinski definition) is 1. The predicted octanol–water partition coefficient (Wildman–Crippen LogP) is 3.02. The fraction of sp³-hybridized carbons (Fsp3) is 0.812. The topological polar surface area (TPSA) is 47.3 Å². The summed E-state index contributed by atoms with van der Waals surface area (Å²) >= 11 is 2.02. The molecule has 2 unspecified atom stereocenters. The molecule has 1 aromatic rings. The van der Waals surface area contributed by atoms with Gasteiger partial charge < -0.3 is 9.84 Å². The van der Waals surface area contributed by atoms with Crippen molar-refractivity contribution in [1.29, 1.82) is 0 Å². The van der Waals surface area contributed by atoms with Gasteiger partial charge in [0.25, 0.3) is 0 Å². The predicted molar refractivity (Wildman–Crippen MR) is 85.4 cm³/mol. The number of nitrogens with zero attached hydrogens (tertiary/aromatic N) is 2. The average Bonchev–Trinajstić information content (AvgIpc) is 2.96. The minimum atomic E-state index is -0.397. The Labute approximate surface area is 131 Å². The number of rotatable bonds is 4. The van der Waals surface area contributed by atoms with Crippen molar-refractivity contribution in [2.24, 2.45) is 5.92 Å². The normalized spacial score (nSPS) is 26.9. The average molecular weight is 310 g/mol. The highest BCUT2D eigenvalue weighted by molar-refractivity contribution is 7.99. The Morgan fingerprint density at radius 3 is 3.10 bits per heavy atom. The van der Waals surface area contributed by atoms with Gasteiger partial charge in [-0.2, -0.15) is 16.9 Å². The highest BCUT2D eigenvalue weighted by Crippen LogP contribution is 2.43. The highest BCUT2D eigenvalue weighted by Gasteiger charge is 2.41. The summed E-state index contributed by atoms with van der Waals surface area (Å²) in [4.78, 5) is 0. The van der Waals surface area contributed by atoms with Gasteiger partial charge >= 0.3 is 0 Å². The number of thioether (sulfide) groups is 1. The van der Waals surface area contributed by atoms with Crippen LogP contribution in [0.5, 0.6) is 0 Å². The quantitative estimate of drug-likeness (QED) is 0.928. The first-order chi connectivity index (χ1) is 10.2. The number of aryl methyl sites for hydroxylation is 1. The van der Waals surface area contributed by atoms with Crippen molar-refractivity contribution < 1.29 is 9.84 Å². The van der Waals surface area contributed by atoms with Gasteiger partial charge in [-0.3, -0.25) is 4.68 Å². The molecule has 2 aliphatic heterocycles. The molecule has 5 heteroatoms. The van der Waals surface area contributed by atoms with Crippen LogP contribution in [-0.2, 0) is 11.3 Å². The largest absolute Gasteiger partial charge is 0.388 e. The van der Waals surface area contributed by atoms with Crippen LogP contribution in [0, 0.1) is 5.92 Å². The van der Waals surface area contributed by atoms with Gasteiger partial charge in [0.05, 0.1) is 17.9 Å². The second kappa shape index (κ2) is 6.71. The maximum absolute atomic E-state index is 10.7. The molecule has 3 heterocycles. The fourth-order valence-corrected chi connectivity index (χ4v) is 4.82. The van der Waals surface area contributed by atoms with E-state index < -0.39 is 6.10 Å². The van der Waals surface area contributed by atoms with Gasteiger partial charge in [-0.25, -0.2) is 0 Å². The summed E-state index contributed by atoms with van der Waals surface area (Å²) in [5.41, 5.74) is 1.00. The number of hydrogen-bond acceptors (Lipinski definition) is 4. The lowest BCUT2D eigenvalue weighted by molar-refractivity contribution is -0.121. The second-order valence-electron chi connectivity index (χ2n) is 6.38. The van der Waals surface area contributed by atoms with Crippen molar-refractivity contribution in [3.05, 3.63) is 18.0 Å². The molecule has 118 valence electrons. The summed E-state index contributed by atoms with van der Waals surface area (Å²) in [6.07, 6.45) is 8.72. The standard InChI is InChI=1S/C16H26N2O2S/c1-2-6-18-12-14(11-17-18)15(19)13-3-7-20-16(10-13)4-8-21-9-5-16/h11-13,15,19H,2-10H2,1H3. The van der Waals surface area contributed by atoms with Crippen molar-refractivity contribution in [1.82, 2.24) is 9.78 Å². The first-order valence-electron chi connectivity index (χ1n) is 8.14. The number of ether oxygens (including phenoxy) is 1. The van der Waals surface area contributed by atoms with Gasteiger partial charge in [0.2, 0.25) is 0 Å². The Bertz CT molecular complexity index is 451. The minimum absolute atomic E-state index is 0.0363. The Balaban J connectivity index is 1.66. The van der Waals surface area contributed by atoms with Crippen molar-refractivity contribution in [3.63, 3.8) is 0 Å². The summed E-state index contributed by atoms with van der Waals surface area (Å²) in [5.74, 6) is 2.69. The maximum atomic E-state index is 10.7. The zero-order chi connectivity index (χ0) is 14.7. The molecule has 0 aliphatic carbocycles. The molecular weight excluding hydrogens is 284 g/mol. The van der Waals surface area contributed by atoms with E-state index in [0.717, 1.165) is 50.8 Å². The van der Waals surface area contributed by atoms with E-state index in [-0.39, 0.29) is 5.60 Å². The maximum Gasteiger partial charge on any atom is 0.0850 e. The van der Waals surface area contributed by atoms with Crippen LogP contribution in [0.1, 0.15) is 50.7 Å². The van der Waals surface area contributed by atoms with Crippen LogP contribution in [0.2, 0.25) is 0 Å². The summed E-state index contributed by atoms with van der Waals surface area (Å²) < 4.78 is 8.06. The SMILES string of the molecule is CCCn1cc(C(O)C2CCOC3(CCSCC3)C2)cn1. The van der Waals surface area contributed by atoms with Crippen molar-refractivity contribution in [3.8, 4) is 0 Å². The van der Waals surface area contributed by atoms with Crippen LogP contribution in [0.25, 0.3) is 0 Å². The molecule has 2 aliphatic rings. The van der Waals surface area contributed by atoms with Crippen LogP contribution in [0.3, 0.4) is 0 Å². The van der Waals surface area contributed by atoms with Gasteiger partial charge in [-0.15, -0.1) is 0 Å². The molecule has 0 radical (unpaired) electrons. The molecule has 2 fully saturated rings. The molecule has 0 aromatic carbocycles. The molecule has 21 heavy (non-hydrogen) atoms. The van der Waals surface area contributed by atoms with E-state index in [4.69, 9.17) is 4.74 Å². The summed E-state index contributed by atoms with van der Waals surface area (Å²) in [6, 6.07) is 0. The molecule has 4 nitrogen and oxygen atoms in total. The summed E-state index contributed by atoms with van der Waals surface area (Å²) in [7, 11) is 0. The van der Waals surface area contributed by atoms with E-state index in [0.29, 0.717) is 5.92 Å². The van der Waals surface area contributed by atoms with Gasteiger partial charge in [0.15, 0.2) is 0 Å². The van der Waals surface area contributed by atoms with Crippen LogP contribution in [0.15, 0.2) is 12.4 Å². The fourth-order valence-electron chi connectivity index (χ4n) is 3.58. The van der Waals surface area contributed by atoms with Gasteiger partial charge in [0, 0.05) is 24.9 Å². The Morgan fingerprint density at radius 1 is 1.52 bits per heavy atom. The van der Waals surface area contributed by atoms with E-state index >= 15 is 0 Å². The molecule has 1 aromatic heterocycles. The molecule has 1 N–H and O–H groups in total. The van der Waals surface area contributed by atoms with Gasteiger partial charge in [-0.1, -0.05) is 6.92 Å². The van der Waals surface area contributed by atoms with E-state index in [1.165, 1.54) is 11.5 Å². The molecule has 0 bridgehead atoms. The third-order valence-electron chi connectivity index (χ3n) is 4.83. The number of aliphatic hydroxyl groups excluding tert-OH is 1. The van der Waals surface area contributed by atoms with Crippen LogP contribution in [0.4, 0.5) is 0 Å². The lowest BCUT2D eigenvalue weighted by atomic mass is 9.78. The van der Waals surface area contributed by atoms with Crippen LogP contribution < -0.4 is 0 Å². The minimum Gasteiger partial charge on any atom is -0.388 e. The lowest BCUT2D eigenvalue weighted by Crippen LogP contribution is -2.44. The van der Waals surface area contributed by atoms with Crippen LogP contribution in [-0.4, -0.2) is 38.6 Å². The van der Waals surface area contributed by atoms with E-state index in [9.17, 15) is 5.11 Å². The second-order valence-corrected chi connectivity index (χ2v) is 7.60. The molecule has 2 atom stereocenters. The lowest BCUT2D eigenvalue weighted by Gasteiger charge is -2.44. The monoisotopic (exact) mass is 310 g/mol. The molecule has 3 rings (SSSR count). The van der Waals surface area contributed by atoms with E-state index in [2.05, 4.69) is 12.0 Å². The molecule has 0 saturated carbocycles. The zero-order valence-corrected chi connectivity index (χ0v) is 13.6. The number of aliphatic hydroxyl groups is 1. The van der Waals surface area contributed by atoms with Gasteiger partial charge in [-0.05, 0) is 49.5 Å². The number of aromatic nitrogens is 2. The third-order valence-corrected chi connectivity index (χ3v) is 5.81. The third kappa shape index (κ3) is 3.46. The van der Waals surface area contributed by atoms with Gasteiger partial charge in [0.1, 0.15) is 0 Å². The Kier molecular flexibility index (Phi) is 4.92. The van der Waals surface area contributed by atoms with Crippen LogP contribution >= 0.6 is 11.8 Å². The molecule has 2 saturated heterocycles. The van der Waals surface area contributed by atoms with Crippen molar-refractivity contribution >= 4 is 11.8 Å². The molecule has 1 spiro atoms. The highest BCUT2D eigenvalue weighted by atomic mass is 32.2. The zero-order valence-electron chi connectivity index (χ0n) is 12.8. The smallest absolute Gasteiger partial charge is 0.0850 e. The summed E-state index contributed by atoms with van der Waals surface area (Å²) in [6.45, 7) is 3.85. The Morgan fingerprint density at radius 2 is 2.33 bits per heavy atom. The molecule has 0 amide bonds.